The molecule has 0 aliphatic heterocycles. The van der Waals surface area contributed by atoms with Crippen molar-refractivity contribution in [3.8, 4) is 0 Å². The molecule has 3 aromatic rings. The minimum Gasteiger partial charge on any atom is -0.356 e. The number of guanidine groups is 1. The van der Waals surface area contributed by atoms with E-state index in [1.54, 1.807) is 19.2 Å². The van der Waals surface area contributed by atoms with E-state index >= 15 is 0 Å². The summed E-state index contributed by atoms with van der Waals surface area (Å²) in [5.74, 6) is 1.47. The molecule has 0 saturated heterocycles. The second-order valence-electron chi connectivity index (χ2n) is 5.76. The maximum Gasteiger partial charge on any atom is 0.191 e. The summed E-state index contributed by atoms with van der Waals surface area (Å²) in [5, 5.41) is 6.50. The molecule has 3 rings (SSSR count). The standard InChI is InChI=1S/C19H22FN5.HI/c1-21-19(22-11-9-14-5-4-6-15(20)13-14)23-12-10-18-24-16-7-2-3-8-17(16)25-18;/h2-8,13H,9-12H2,1H3,(H,24,25)(H2,21,22,23);1H. The molecule has 0 unspecified atom stereocenters. The van der Waals surface area contributed by atoms with Crippen molar-refractivity contribution in [3.63, 3.8) is 0 Å². The third-order valence-corrected chi connectivity index (χ3v) is 3.91. The smallest absolute Gasteiger partial charge is 0.191 e. The minimum absolute atomic E-state index is 0. The second-order valence-corrected chi connectivity index (χ2v) is 5.76. The number of aliphatic imine (C=N–C) groups is 1. The molecule has 5 nitrogen and oxygen atoms in total. The number of aromatic nitrogens is 2. The SMILES string of the molecule is CN=C(NCCc1cccc(F)c1)NCCc1nc2ccccc2[nH]1.I. The van der Waals surface area contributed by atoms with Crippen molar-refractivity contribution in [3.05, 3.63) is 65.7 Å². The quantitative estimate of drug-likeness (QED) is 0.296. The molecule has 7 heteroatoms. The third-order valence-electron chi connectivity index (χ3n) is 3.91. The van der Waals surface area contributed by atoms with Crippen molar-refractivity contribution in [2.24, 2.45) is 4.99 Å². The van der Waals surface area contributed by atoms with Crippen LogP contribution in [0.25, 0.3) is 11.0 Å². The monoisotopic (exact) mass is 467 g/mol. The van der Waals surface area contributed by atoms with E-state index < -0.39 is 0 Å². The Kier molecular flexibility index (Phi) is 7.83. The molecule has 1 heterocycles. The number of rotatable bonds is 6. The van der Waals surface area contributed by atoms with Gasteiger partial charge in [0.1, 0.15) is 11.6 Å². The first-order chi connectivity index (χ1) is 12.2. The average molecular weight is 467 g/mol. The number of para-hydroxylation sites is 2. The highest BCUT2D eigenvalue weighted by Crippen LogP contribution is 2.10. The summed E-state index contributed by atoms with van der Waals surface area (Å²) in [6.07, 6.45) is 1.52. The lowest BCUT2D eigenvalue weighted by Gasteiger charge is -2.11. The lowest BCUT2D eigenvalue weighted by molar-refractivity contribution is 0.625. The maximum atomic E-state index is 13.2. The van der Waals surface area contributed by atoms with Gasteiger partial charge in [0.15, 0.2) is 5.96 Å². The largest absolute Gasteiger partial charge is 0.356 e. The van der Waals surface area contributed by atoms with Crippen molar-refractivity contribution in [2.75, 3.05) is 20.1 Å². The molecule has 0 saturated carbocycles. The van der Waals surface area contributed by atoms with Crippen LogP contribution in [-0.4, -0.2) is 36.1 Å². The third kappa shape index (κ3) is 5.69. The zero-order valence-electron chi connectivity index (χ0n) is 14.6. The molecule has 0 radical (unpaired) electrons. The van der Waals surface area contributed by atoms with Crippen LogP contribution in [0.3, 0.4) is 0 Å². The number of nitrogens with zero attached hydrogens (tertiary/aromatic N) is 2. The molecule has 0 spiro atoms. The Labute approximate surface area is 169 Å². The number of benzene rings is 2. The highest BCUT2D eigenvalue weighted by atomic mass is 127. The molecule has 0 aliphatic carbocycles. The Bertz CT molecular complexity index is 829. The van der Waals surface area contributed by atoms with Crippen LogP contribution >= 0.6 is 24.0 Å². The van der Waals surface area contributed by atoms with Gasteiger partial charge >= 0.3 is 0 Å². The van der Waals surface area contributed by atoms with Crippen molar-refractivity contribution in [1.29, 1.82) is 0 Å². The van der Waals surface area contributed by atoms with Crippen LogP contribution in [-0.2, 0) is 12.8 Å². The summed E-state index contributed by atoms with van der Waals surface area (Å²) in [4.78, 5) is 12.1. The van der Waals surface area contributed by atoms with Crippen LogP contribution in [0.5, 0.6) is 0 Å². The number of imidazole rings is 1. The van der Waals surface area contributed by atoms with E-state index in [1.807, 2.05) is 30.3 Å². The van der Waals surface area contributed by atoms with Gasteiger partial charge in [-0.3, -0.25) is 4.99 Å². The fourth-order valence-corrected chi connectivity index (χ4v) is 2.66. The van der Waals surface area contributed by atoms with Crippen LogP contribution in [0.15, 0.2) is 53.5 Å². The zero-order chi connectivity index (χ0) is 17.5. The number of fused-ring (bicyclic) bond motifs is 1. The van der Waals surface area contributed by atoms with Crippen LogP contribution < -0.4 is 10.6 Å². The second kappa shape index (κ2) is 10.1. The van der Waals surface area contributed by atoms with Gasteiger partial charge in [0.2, 0.25) is 0 Å². The first kappa shape index (κ1) is 20.2. The van der Waals surface area contributed by atoms with Gasteiger partial charge in [0, 0.05) is 26.6 Å². The molecule has 0 atom stereocenters. The van der Waals surface area contributed by atoms with Crippen molar-refractivity contribution in [2.45, 2.75) is 12.8 Å². The minimum atomic E-state index is -0.203. The number of hydrogen-bond acceptors (Lipinski definition) is 2. The zero-order valence-corrected chi connectivity index (χ0v) is 17.0. The van der Waals surface area contributed by atoms with E-state index in [4.69, 9.17) is 0 Å². The fraction of sp³-hybridized carbons (Fsp3) is 0.263. The van der Waals surface area contributed by atoms with Gasteiger partial charge in [-0.05, 0) is 36.2 Å². The summed E-state index contributed by atoms with van der Waals surface area (Å²) >= 11 is 0. The summed E-state index contributed by atoms with van der Waals surface area (Å²) < 4.78 is 13.2. The van der Waals surface area contributed by atoms with Gasteiger partial charge in [-0.15, -0.1) is 24.0 Å². The molecular weight excluding hydrogens is 444 g/mol. The summed E-state index contributed by atoms with van der Waals surface area (Å²) in [6, 6.07) is 14.6. The Balaban J connectivity index is 0.00000243. The Morgan fingerprint density at radius 1 is 1.08 bits per heavy atom. The fourth-order valence-electron chi connectivity index (χ4n) is 2.66. The molecule has 26 heavy (non-hydrogen) atoms. The highest BCUT2D eigenvalue weighted by molar-refractivity contribution is 14.0. The van der Waals surface area contributed by atoms with E-state index in [2.05, 4.69) is 25.6 Å². The molecule has 0 fully saturated rings. The highest BCUT2D eigenvalue weighted by Gasteiger charge is 2.03. The topological polar surface area (TPSA) is 65.1 Å². The lowest BCUT2D eigenvalue weighted by atomic mass is 10.1. The van der Waals surface area contributed by atoms with E-state index in [-0.39, 0.29) is 29.8 Å². The molecule has 138 valence electrons. The molecular formula is C19H23FIN5. The van der Waals surface area contributed by atoms with Gasteiger partial charge < -0.3 is 15.6 Å². The Hall–Kier alpha value is -2.16. The maximum absolute atomic E-state index is 13.2. The van der Waals surface area contributed by atoms with Crippen LogP contribution in [0.2, 0.25) is 0 Å². The van der Waals surface area contributed by atoms with E-state index in [9.17, 15) is 4.39 Å². The summed E-state index contributed by atoms with van der Waals surface area (Å²) in [7, 11) is 1.73. The number of aromatic amines is 1. The van der Waals surface area contributed by atoms with Crippen LogP contribution in [0.1, 0.15) is 11.4 Å². The number of nitrogens with one attached hydrogen (secondary N) is 3. The summed E-state index contributed by atoms with van der Waals surface area (Å²) in [5.41, 5.74) is 3.00. The van der Waals surface area contributed by atoms with E-state index in [1.165, 1.54) is 6.07 Å². The molecule has 0 amide bonds. The normalized spacial score (nSPS) is 11.2. The van der Waals surface area contributed by atoms with Crippen LogP contribution in [0, 0.1) is 5.82 Å². The van der Waals surface area contributed by atoms with Gasteiger partial charge in [0.05, 0.1) is 11.0 Å². The van der Waals surface area contributed by atoms with E-state index in [0.29, 0.717) is 6.54 Å². The molecule has 1 aromatic heterocycles. The van der Waals surface area contributed by atoms with Crippen LogP contribution in [0.4, 0.5) is 4.39 Å². The number of H-pyrrole nitrogens is 1. The van der Waals surface area contributed by atoms with E-state index in [0.717, 1.165) is 47.8 Å². The molecule has 0 bridgehead atoms. The summed E-state index contributed by atoms with van der Waals surface area (Å²) in [6.45, 7) is 1.41. The number of halogens is 2. The first-order valence-corrected chi connectivity index (χ1v) is 8.37. The average Bonchev–Trinajstić information content (AvgIpc) is 3.03. The van der Waals surface area contributed by atoms with Gasteiger partial charge in [-0.2, -0.15) is 0 Å². The van der Waals surface area contributed by atoms with Crippen molar-refractivity contribution in [1.82, 2.24) is 20.6 Å². The Morgan fingerprint density at radius 2 is 1.85 bits per heavy atom. The predicted octanol–water partition coefficient (Wildman–Crippen LogP) is 3.27. The number of hydrogen-bond donors (Lipinski definition) is 3. The van der Waals surface area contributed by atoms with Gasteiger partial charge in [0.25, 0.3) is 0 Å². The first-order valence-electron chi connectivity index (χ1n) is 8.37. The van der Waals surface area contributed by atoms with Crippen molar-refractivity contribution >= 4 is 41.0 Å². The van der Waals surface area contributed by atoms with Gasteiger partial charge in [-0.1, -0.05) is 24.3 Å². The molecule has 3 N–H and O–H groups in total. The molecule has 2 aromatic carbocycles. The Morgan fingerprint density at radius 3 is 2.58 bits per heavy atom. The van der Waals surface area contributed by atoms with Gasteiger partial charge in [-0.25, -0.2) is 9.37 Å². The predicted molar refractivity (Wildman–Crippen MR) is 115 cm³/mol. The molecule has 0 aliphatic rings. The lowest BCUT2D eigenvalue weighted by Crippen LogP contribution is -2.39. The van der Waals surface area contributed by atoms with Crippen molar-refractivity contribution < 1.29 is 4.39 Å².